The van der Waals surface area contributed by atoms with E-state index in [9.17, 15) is 10.1 Å². The summed E-state index contributed by atoms with van der Waals surface area (Å²) >= 11 is 13.4. The Bertz CT molecular complexity index is 1220. The summed E-state index contributed by atoms with van der Waals surface area (Å²) in [5, 5.41) is 15.9. The molecule has 1 heterocycles. The smallest absolute Gasteiger partial charge is 0.162 e. The number of nitrogens with one attached hydrogen (secondary N) is 1. The summed E-state index contributed by atoms with van der Waals surface area (Å²) in [7, 11) is 3.00. The third kappa shape index (κ3) is 5.00. The van der Waals surface area contributed by atoms with E-state index in [1.165, 1.54) is 38.7 Å². The number of aromatic nitrogens is 1. The zero-order valence-corrected chi connectivity index (χ0v) is 19.2. The molecule has 0 aliphatic rings. The lowest BCUT2D eigenvalue weighted by Gasteiger charge is -2.13. The van der Waals surface area contributed by atoms with Crippen molar-refractivity contribution in [1.82, 2.24) is 4.98 Å². The fourth-order valence-electron chi connectivity index (χ4n) is 2.77. The Morgan fingerprint density at radius 3 is 2.48 bits per heavy atom. The average Bonchev–Trinajstić information content (AvgIpc) is 3.25. The molecule has 1 N–H and O–H groups in total. The Balaban J connectivity index is 1.93. The molecule has 3 rings (SSSR count). The third-order valence-electron chi connectivity index (χ3n) is 4.35. The molecule has 0 amide bonds. The maximum absolute atomic E-state index is 12.1. The first-order valence-electron chi connectivity index (χ1n) is 8.93. The van der Waals surface area contributed by atoms with Crippen LogP contribution in [-0.2, 0) is 0 Å². The Morgan fingerprint density at radius 2 is 1.87 bits per heavy atom. The summed E-state index contributed by atoms with van der Waals surface area (Å²) in [6.45, 7) is 1.45. The van der Waals surface area contributed by atoms with E-state index < -0.39 is 0 Å². The van der Waals surface area contributed by atoms with Gasteiger partial charge in [-0.05, 0) is 25.1 Å². The number of Topliss-reactive ketones (excluding diaryl/α,β-unsaturated/α-hetero) is 1. The van der Waals surface area contributed by atoms with E-state index in [4.69, 9.17) is 32.7 Å². The summed E-state index contributed by atoms with van der Waals surface area (Å²) in [5.41, 5.74) is 2.66. The van der Waals surface area contributed by atoms with Crippen LogP contribution in [0.1, 0.15) is 22.3 Å². The van der Waals surface area contributed by atoms with Crippen molar-refractivity contribution in [3.05, 3.63) is 62.5 Å². The topological polar surface area (TPSA) is 84.2 Å². The number of anilines is 1. The molecular formula is C22H17Cl2N3O3S. The second-order valence-corrected chi connectivity index (χ2v) is 7.96. The number of halogens is 2. The minimum absolute atomic E-state index is 0.161. The first-order valence-corrected chi connectivity index (χ1v) is 10.6. The van der Waals surface area contributed by atoms with E-state index in [1.807, 2.05) is 11.4 Å². The number of methoxy groups -OCH3 is 2. The van der Waals surface area contributed by atoms with Crippen LogP contribution in [0.4, 0.5) is 5.69 Å². The standard InChI is InChI=1S/C22H17Cl2N3O3S/c1-12(28)15-7-20(29-2)21(30-3)8-18(15)26-10-14(9-25)22-27-19(11-31-22)13-4-5-16(23)17(24)6-13/h4-8,10-11,26H,1-3H3/b14-10+. The Hall–Kier alpha value is -3.05. The zero-order chi connectivity index (χ0) is 22.5. The molecule has 0 fully saturated rings. The van der Waals surface area contributed by atoms with Gasteiger partial charge in [-0.15, -0.1) is 11.3 Å². The Labute approximate surface area is 193 Å². The summed E-state index contributed by atoms with van der Waals surface area (Å²) in [4.78, 5) is 16.6. The van der Waals surface area contributed by atoms with Gasteiger partial charge in [0.25, 0.3) is 0 Å². The number of allylic oxidation sites excluding steroid dienone is 1. The molecule has 9 heteroatoms. The number of nitriles is 1. The minimum atomic E-state index is -0.161. The number of benzene rings is 2. The van der Waals surface area contributed by atoms with Crippen molar-refractivity contribution in [2.45, 2.75) is 6.92 Å². The van der Waals surface area contributed by atoms with Crippen molar-refractivity contribution in [3.8, 4) is 28.8 Å². The van der Waals surface area contributed by atoms with Crippen molar-refractivity contribution in [2.24, 2.45) is 0 Å². The van der Waals surface area contributed by atoms with Gasteiger partial charge >= 0.3 is 0 Å². The summed E-state index contributed by atoms with van der Waals surface area (Å²) in [6, 6.07) is 10.6. The number of hydrogen-bond acceptors (Lipinski definition) is 7. The molecular weight excluding hydrogens is 457 g/mol. The number of carbonyl (C=O) groups is 1. The number of ketones is 1. The quantitative estimate of drug-likeness (QED) is 0.319. The van der Waals surface area contributed by atoms with Gasteiger partial charge in [0.15, 0.2) is 17.3 Å². The number of thiazole rings is 1. The normalized spacial score (nSPS) is 11.0. The van der Waals surface area contributed by atoms with Gasteiger partial charge in [0, 0.05) is 28.8 Å². The SMILES string of the molecule is COc1cc(N/C=C(\C#N)c2nc(-c3ccc(Cl)c(Cl)c3)cs2)c(C(C)=O)cc1OC. The molecule has 2 aromatic carbocycles. The third-order valence-corrected chi connectivity index (χ3v) is 5.96. The summed E-state index contributed by atoms with van der Waals surface area (Å²) < 4.78 is 10.6. The van der Waals surface area contributed by atoms with Gasteiger partial charge in [0.1, 0.15) is 16.6 Å². The molecule has 0 unspecified atom stereocenters. The van der Waals surface area contributed by atoms with E-state index in [0.29, 0.717) is 49.1 Å². The second-order valence-electron chi connectivity index (χ2n) is 6.29. The highest BCUT2D eigenvalue weighted by atomic mass is 35.5. The second kappa shape index (κ2) is 9.84. The van der Waals surface area contributed by atoms with Crippen LogP contribution < -0.4 is 14.8 Å². The monoisotopic (exact) mass is 473 g/mol. The molecule has 0 saturated carbocycles. The molecule has 6 nitrogen and oxygen atoms in total. The van der Waals surface area contributed by atoms with Crippen LogP contribution in [0, 0.1) is 11.3 Å². The van der Waals surface area contributed by atoms with Gasteiger partial charge in [-0.25, -0.2) is 4.98 Å². The number of ether oxygens (including phenoxy) is 2. The molecule has 0 atom stereocenters. The molecule has 0 bridgehead atoms. The minimum Gasteiger partial charge on any atom is -0.493 e. The predicted octanol–water partition coefficient (Wildman–Crippen LogP) is 6.31. The molecule has 0 aliphatic heterocycles. The van der Waals surface area contributed by atoms with Crippen molar-refractivity contribution in [3.63, 3.8) is 0 Å². The summed E-state index contributed by atoms with van der Waals surface area (Å²) in [5.74, 6) is 0.735. The molecule has 3 aromatic rings. The van der Waals surface area contributed by atoms with Crippen LogP contribution >= 0.6 is 34.5 Å². The average molecular weight is 474 g/mol. The van der Waals surface area contributed by atoms with Gasteiger partial charge in [-0.1, -0.05) is 29.3 Å². The van der Waals surface area contributed by atoms with Crippen LogP contribution in [0.5, 0.6) is 11.5 Å². The van der Waals surface area contributed by atoms with Crippen molar-refractivity contribution >= 4 is 51.6 Å². The van der Waals surface area contributed by atoms with E-state index >= 15 is 0 Å². The number of nitrogens with zero attached hydrogens (tertiary/aromatic N) is 2. The number of rotatable bonds is 7. The maximum Gasteiger partial charge on any atom is 0.162 e. The van der Waals surface area contributed by atoms with Crippen LogP contribution in [0.3, 0.4) is 0 Å². The number of hydrogen-bond donors (Lipinski definition) is 1. The predicted molar refractivity (Wildman–Crippen MR) is 124 cm³/mol. The lowest BCUT2D eigenvalue weighted by molar-refractivity contribution is 0.101. The first-order chi connectivity index (χ1) is 14.9. The van der Waals surface area contributed by atoms with Crippen LogP contribution in [0.15, 0.2) is 41.9 Å². The zero-order valence-electron chi connectivity index (χ0n) is 16.8. The van der Waals surface area contributed by atoms with E-state index in [-0.39, 0.29) is 5.78 Å². The van der Waals surface area contributed by atoms with Gasteiger partial charge in [-0.2, -0.15) is 5.26 Å². The molecule has 31 heavy (non-hydrogen) atoms. The highest BCUT2D eigenvalue weighted by molar-refractivity contribution is 7.11. The molecule has 0 aliphatic carbocycles. The molecule has 0 spiro atoms. The van der Waals surface area contributed by atoms with Gasteiger partial charge in [0.05, 0.1) is 35.6 Å². The Morgan fingerprint density at radius 1 is 1.16 bits per heavy atom. The Kier molecular flexibility index (Phi) is 7.18. The maximum atomic E-state index is 12.1. The molecule has 0 saturated heterocycles. The van der Waals surface area contributed by atoms with Crippen molar-refractivity contribution in [1.29, 1.82) is 5.26 Å². The summed E-state index contributed by atoms with van der Waals surface area (Å²) in [6.07, 6.45) is 1.51. The fourth-order valence-corrected chi connectivity index (χ4v) is 3.86. The lowest BCUT2D eigenvalue weighted by atomic mass is 10.1. The van der Waals surface area contributed by atoms with Crippen LogP contribution in [0.2, 0.25) is 10.0 Å². The fraction of sp³-hybridized carbons (Fsp3) is 0.136. The highest BCUT2D eigenvalue weighted by Crippen LogP contribution is 2.34. The number of carbonyl (C=O) groups excluding carboxylic acids is 1. The molecule has 1 aromatic heterocycles. The van der Waals surface area contributed by atoms with Crippen LogP contribution in [0.25, 0.3) is 16.8 Å². The largest absolute Gasteiger partial charge is 0.493 e. The van der Waals surface area contributed by atoms with Crippen molar-refractivity contribution < 1.29 is 14.3 Å². The van der Waals surface area contributed by atoms with Crippen molar-refractivity contribution in [2.75, 3.05) is 19.5 Å². The highest BCUT2D eigenvalue weighted by Gasteiger charge is 2.15. The van der Waals surface area contributed by atoms with Crippen LogP contribution in [-0.4, -0.2) is 25.0 Å². The lowest BCUT2D eigenvalue weighted by Crippen LogP contribution is -2.03. The van der Waals surface area contributed by atoms with Gasteiger partial charge in [-0.3, -0.25) is 4.79 Å². The molecule has 158 valence electrons. The van der Waals surface area contributed by atoms with Gasteiger partial charge < -0.3 is 14.8 Å². The molecule has 0 radical (unpaired) electrons. The van der Waals surface area contributed by atoms with E-state index in [2.05, 4.69) is 16.4 Å². The first kappa shape index (κ1) is 22.6. The van der Waals surface area contributed by atoms with E-state index in [0.717, 1.165) is 5.56 Å². The van der Waals surface area contributed by atoms with E-state index in [1.54, 1.807) is 24.3 Å². The van der Waals surface area contributed by atoms with Gasteiger partial charge in [0.2, 0.25) is 0 Å².